The molecule has 0 spiro atoms. The maximum Gasteiger partial charge on any atom is 0.338 e. The number of carboxylic acid groups (broad SMARTS) is 1. The van der Waals surface area contributed by atoms with Crippen molar-refractivity contribution in [1.82, 2.24) is 0 Å². The first kappa shape index (κ1) is 14.0. The second kappa shape index (κ2) is 5.08. The van der Waals surface area contributed by atoms with Crippen LogP contribution in [0.3, 0.4) is 0 Å². The fourth-order valence-corrected chi connectivity index (χ4v) is 1.34. The lowest BCUT2D eigenvalue weighted by atomic mass is 10.1. The fraction of sp³-hybridized carbons (Fsp3) is 0.111. The Labute approximate surface area is 104 Å². The molecular formula is C9H7N3O7. The van der Waals surface area contributed by atoms with Crippen molar-refractivity contribution in [1.29, 1.82) is 0 Å². The molecule has 0 aliphatic heterocycles. The number of carbonyl (C=O) groups excluding carboxylic acids is 1. The van der Waals surface area contributed by atoms with Gasteiger partial charge in [0.15, 0.2) is 0 Å². The van der Waals surface area contributed by atoms with Gasteiger partial charge in [0.05, 0.1) is 21.5 Å². The first-order valence-corrected chi connectivity index (χ1v) is 4.71. The van der Waals surface area contributed by atoms with Gasteiger partial charge in [-0.1, -0.05) is 0 Å². The van der Waals surface area contributed by atoms with Crippen molar-refractivity contribution in [2.45, 2.75) is 6.92 Å². The summed E-state index contributed by atoms with van der Waals surface area (Å²) in [6, 6.07) is 1.22. The molecule has 1 aromatic rings. The van der Waals surface area contributed by atoms with Gasteiger partial charge in [-0.05, 0) is 0 Å². The van der Waals surface area contributed by atoms with Gasteiger partial charge in [-0.25, -0.2) is 4.79 Å². The van der Waals surface area contributed by atoms with Crippen LogP contribution in [0.4, 0.5) is 17.1 Å². The maximum atomic E-state index is 11.0. The summed E-state index contributed by atoms with van der Waals surface area (Å²) < 4.78 is 0. The number of nitrogens with one attached hydrogen (secondary N) is 1. The minimum Gasteiger partial charge on any atom is -0.478 e. The summed E-state index contributed by atoms with van der Waals surface area (Å²) >= 11 is 0. The number of hydrogen-bond donors (Lipinski definition) is 2. The van der Waals surface area contributed by atoms with Crippen molar-refractivity contribution in [2.75, 3.05) is 5.32 Å². The molecule has 0 saturated heterocycles. The van der Waals surface area contributed by atoms with Crippen LogP contribution in [0.2, 0.25) is 0 Å². The number of benzene rings is 1. The van der Waals surface area contributed by atoms with Crippen LogP contribution in [-0.2, 0) is 4.79 Å². The lowest BCUT2D eigenvalue weighted by Crippen LogP contribution is -2.13. The van der Waals surface area contributed by atoms with E-state index in [0.29, 0.717) is 12.1 Å². The molecule has 0 aliphatic carbocycles. The minimum absolute atomic E-state index is 0.581. The van der Waals surface area contributed by atoms with Gasteiger partial charge in [0, 0.05) is 13.0 Å². The van der Waals surface area contributed by atoms with Gasteiger partial charge in [0.2, 0.25) is 5.91 Å². The zero-order valence-corrected chi connectivity index (χ0v) is 9.45. The number of rotatable bonds is 4. The van der Waals surface area contributed by atoms with Gasteiger partial charge in [-0.2, -0.15) is 0 Å². The molecule has 0 atom stereocenters. The van der Waals surface area contributed by atoms with Crippen molar-refractivity contribution in [3.63, 3.8) is 0 Å². The highest BCUT2D eigenvalue weighted by atomic mass is 16.6. The van der Waals surface area contributed by atoms with E-state index in [0.717, 1.165) is 6.92 Å². The maximum absolute atomic E-state index is 11.0. The third-order valence-electron chi connectivity index (χ3n) is 2.04. The standard InChI is InChI=1S/C9H7N3O7/c1-4(13)10-8-6(9(14)15)2-5(11(16)17)3-7(8)12(18)19/h2-3H,1H3,(H,10,13)(H,14,15). The third kappa shape index (κ3) is 3.00. The first-order chi connectivity index (χ1) is 8.73. The average Bonchev–Trinajstić information content (AvgIpc) is 2.27. The molecule has 1 rings (SSSR count). The summed E-state index contributed by atoms with van der Waals surface area (Å²) in [4.78, 5) is 41.3. The molecule has 0 bridgehead atoms. The van der Waals surface area contributed by atoms with E-state index in [9.17, 15) is 29.8 Å². The Morgan fingerprint density at radius 2 is 1.79 bits per heavy atom. The van der Waals surface area contributed by atoms with Crippen molar-refractivity contribution in [3.05, 3.63) is 37.9 Å². The van der Waals surface area contributed by atoms with Crippen LogP contribution in [0.15, 0.2) is 12.1 Å². The predicted octanol–water partition coefficient (Wildman–Crippen LogP) is 1.16. The number of anilines is 1. The largest absolute Gasteiger partial charge is 0.478 e. The zero-order valence-electron chi connectivity index (χ0n) is 9.45. The zero-order chi connectivity index (χ0) is 14.7. The molecule has 0 aliphatic rings. The molecule has 0 aromatic heterocycles. The van der Waals surface area contributed by atoms with E-state index < -0.39 is 44.3 Å². The highest BCUT2D eigenvalue weighted by molar-refractivity contribution is 6.03. The first-order valence-electron chi connectivity index (χ1n) is 4.71. The molecule has 0 fully saturated rings. The van der Waals surface area contributed by atoms with Gasteiger partial charge < -0.3 is 10.4 Å². The van der Waals surface area contributed by atoms with E-state index in [1.165, 1.54) is 0 Å². The summed E-state index contributed by atoms with van der Waals surface area (Å²) in [5.41, 5.74) is -2.92. The van der Waals surface area contributed by atoms with Gasteiger partial charge in [-0.3, -0.25) is 25.0 Å². The smallest absolute Gasteiger partial charge is 0.338 e. The van der Waals surface area contributed by atoms with E-state index in [2.05, 4.69) is 0 Å². The van der Waals surface area contributed by atoms with E-state index in [1.807, 2.05) is 5.32 Å². The predicted molar refractivity (Wildman–Crippen MR) is 61.0 cm³/mol. The fourth-order valence-electron chi connectivity index (χ4n) is 1.34. The van der Waals surface area contributed by atoms with Crippen LogP contribution in [-0.4, -0.2) is 26.8 Å². The van der Waals surface area contributed by atoms with E-state index in [4.69, 9.17) is 5.11 Å². The van der Waals surface area contributed by atoms with Gasteiger partial charge in [0.1, 0.15) is 5.69 Å². The Balaban J connectivity index is 3.64. The van der Waals surface area contributed by atoms with Crippen LogP contribution < -0.4 is 5.32 Å². The van der Waals surface area contributed by atoms with Crippen LogP contribution >= 0.6 is 0 Å². The molecule has 2 N–H and O–H groups in total. The molecule has 1 amide bonds. The average molecular weight is 269 g/mol. The summed E-state index contributed by atoms with van der Waals surface area (Å²) in [6.07, 6.45) is 0. The number of nitrogens with zero attached hydrogens (tertiary/aromatic N) is 2. The number of aromatic carboxylic acids is 1. The van der Waals surface area contributed by atoms with Crippen LogP contribution in [0.25, 0.3) is 0 Å². The van der Waals surface area contributed by atoms with Gasteiger partial charge >= 0.3 is 11.7 Å². The number of nitro benzene ring substituents is 2. The highest BCUT2D eigenvalue weighted by Crippen LogP contribution is 2.33. The molecule has 10 heteroatoms. The number of carboxylic acids is 1. The highest BCUT2D eigenvalue weighted by Gasteiger charge is 2.27. The molecule has 0 radical (unpaired) electrons. The van der Waals surface area contributed by atoms with Crippen molar-refractivity contribution >= 4 is 28.9 Å². The second-order valence-electron chi connectivity index (χ2n) is 3.39. The van der Waals surface area contributed by atoms with Gasteiger partial charge in [-0.15, -0.1) is 0 Å². The normalized spacial score (nSPS) is 9.74. The van der Waals surface area contributed by atoms with Crippen LogP contribution in [0.1, 0.15) is 17.3 Å². The van der Waals surface area contributed by atoms with Crippen molar-refractivity contribution in [3.8, 4) is 0 Å². The quantitative estimate of drug-likeness (QED) is 0.614. The summed E-state index contributed by atoms with van der Waals surface area (Å²) in [5, 5.41) is 32.3. The van der Waals surface area contributed by atoms with Crippen molar-refractivity contribution in [2.24, 2.45) is 0 Å². The molecule has 0 unspecified atom stereocenters. The molecule has 1 aromatic carbocycles. The summed E-state index contributed by atoms with van der Waals surface area (Å²) in [6.45, 7) is 1.02. The minimum atomic E-state index is -1.63. The van der Waals surface area contributed by atoms with Crippen LogP contribution in [0, 0.1) is 20.2 Å². The number of carbonyl (C=O) groups is 2. The SMILES string of the molecule is CC(=O)Nc1c(C(=O)O)cc([N+](=O)[O-])cc1[N+](=O)[O-]. The van der Waals surface area contributed by atoms with E-state index in [-0.39, 0.29) is 0 Å². The number of hydrogen-bond acceptors (Lipinski definition) is 6. The molecule has 0 saturated carbocycles. The lowest BCUT2D eigenvalue weighted by molar-refractivity contribution is -0.393. The van der Waals surface area contributed by atoms with Gasteiger partial charge in [0.25, 0.3) is 5.69 Å². The number of amides is 1. The number of nitro groups is 2. The molecule has 0 heterocycles. The third-order valence-corrected chi connectivity index (χ3v) is 2.04. The van der Waals surface area contributed by atoms with E-state index >= 15 is 0 Å². The monoisotopic (exact) mass is 269 g/mol. The molecule has 10 nitrogen and oxygen atoms in total. The topological polar surface area (TPSA) is 153 Å². The van der Waals surface area contributed by atoms with Crippen molar-refractivity contribution < 1.29 is 24.5 Å². The van der Waals surface area contributed by atoms with Crippen LogP contribution in [0.5, 0.6) is 0 Å². The second-order valence-corrected chi connectivity index (χ2v) is 3.39. The Bertz CT molecular complexity index is 560. The molecule has 100 valence electrons. The summed E-state index contributed by atoms with van der Waals surface area (Å²) in [7, 11) is 0. The Morgan fingerprint density at radius 3 is 2.16 bits per heavy atom. The summed E-state index contributed by atoms with van der Waals surface area (Å²) in [5.74, 6) is -2.37. The molecule has 19 heavy (non-hydrogen) atoms. The molecular weight excluding hydrogens is 262 g/mol. The van der Waals surface area contributed by atoms with E-state index in [1.54, 1.807) is 0 Å². The number of non-ortho nitro benzene ring substituents is 1. The Hall–Kier alpha value is -3.04. The Kier molecular flexibility index (Phi) is 3.75. The Morgan fingerprint density at radius 1 is 1.21 bits per heavy atom. The lowest BCUT2D eigenvalue weighted by Gasteiger charge is -2.07.